The van der Waals surface area contributed by atoms with Gasteiger partial charge < -0.3 is 25.2 Å². The maximum Gasteiger partial charge on any atom is 0.191 e. The van der Waals surface area contributed by atoms with Gasteiger partial charge in [0.05, 0.1) is 20.3 Å². The van der Waals surface area contributed by atoms with Crippen LogP contribution >= 0.6 is 0 Å². The summed E-state index contributed by atoms with van der Waals surface area (Å²) in [7, 11) is 1.68. The normalized spacial score (nSPS) is 20.6. The third-order valence-corrected chi connectivity index (χ3v) is 4.57. The maximum absolute atomic E-state index is 9.35. The van der Waals surface area contributed by atoms with Crippen molar-refractivity contribution in [2.24, 2.45) is 10.4 Å². The van der Waals surface area contributed by atoms with Gasteiger partial charge in [-0.15, -0.1) is 0 Å². The Kier molecular flexibility index (Phi) is 7.52. The molecule has 0 aromatic heterocycles. The summed E-state index contributed by atoms with van der Waals surface area (Å²) in [5, 5.41) is 16.0. The topological polar surface area (TPSA) is 75.1 Å². The first-order chi connectivity index (χ1) is 12.1. The molecule has 0 radical (unpaired) electrons. The van der Waals surface area contributed by atoms with E-state index in [9.17, 15) is 5.11 Å². The Morgan fingerprint density at radius 2 is 2.20 bits per heavy atom. The van der Waals surface area contributed by atoms with Gasteiger partial charge in [0, 0.05) is 31.7 Å². The van der Waals surface area contributed by atoms with Crippen LogP contribution in [0.25, 0.3) is 0 Å². The lowest BCUT2D eigenvalue weighted by atomic mass is 9.84. The van der Waals surface area contributed by atoms with Gasteiger partial charge in [-0.1, -0.05) is 6.07 Å². The van der Waals surface area contributed by atoms with E-state index in [0.29, 0.717) is 13.2 Å². The minimum atomic E-state index is -0.00248. The van der Waals surface area contributed by atoms with Crippen LogP contribution in [0.15, 0.2) is 23.2 Å². The number of hydrogen-bond acceptors (Lipinski definition) is 4. The van der Waals surface area contributed by atoms with Gasteiger partial charge in [-0.25, -0.2) is 4.99 Å². The van der Waals surface area contributed by atoms with Crippen molar-refractivity contribution in [1.82, 2.24) is 10.6 Å². The predicted molar refractivity (Wildman–Crippen MR) is 100 cm³/mol. The number of aryl methyl sites for hydroxylation is 1. The van der Waals surface area contributed by atoms with Crippen molar-refractivity contribution in [3.8, 4) is 5.75 Å². The number of benzene rings is 1. The molecule has 1 aliphatic rings. The zero-order valence-corrected chi connectivity index (χ0v) is 15.6. The molecule has 1 fully saturated rings. The number of rotatable bonds is 8. The molecule has 0 spiro atoms. The number of aliphatic imine (C=N–C) groups is 1. The summed E-state index contributed by atoms with van der Waals surface area (Å²) >= 11 is 0. The highest BCUT2D eigenvalue weighted by atomic mass is 16.5. The van der Waals surface area contributed by atoms with E-state index in [4.69, 9.17) is 9.47 Å². The van der Waals surface area contributed by atoms with Crippen LogP contribution in [0.1, 0.15) is 30.9 Å². The third-order valence-electron chi connectivity index (χ3n) is 4.57. The largest absolute Gasteiger partial charge is 0.497 e. The molecular formula is C19H31N3O3. The van der Waals surface area contributed by atoms with Crippen LogP contribution in [0.5, 0.6) is 5.75 Å². The van der Waals surface area contributed by atoms with Crippen LogP contribution < -0.4 is 15.4 Å². The van der Waals surface area contributed by atoms with Crippen LogP contribution in [-0.4, -0.2) is 51.1 Å². The Labute approximate surface area is 150 Å². The lowest BCUT2D eigenvalue weighted by molar-refractivity contribution is 0.127. The molecule has 6 heteroatoms. The number of methoxy groups -OCH3 is 1. The molecule has 1 aromatic carbocycles. The van der Waals surface area contributed by atoms with Crippen molar-refractivity contribution in [3.05, 3.63) is 29.3 Å². The van der Waals surface area contributed by atoms with Gasteiger partial charge in [0.25, 0.3) is 0 Å². The van der Waals surface area contributed by atoms with Crippen LogP contribution in [0, 0.1) is 12.3 Å². The maximum atomic E-state index is 9.35. The number of aliphatic hydroxyl groups excluding tert-OH is 1. The van der Waals surface area contributed by atoms with Crippen LogP contribution in [-0.2, 0) is 11.3 Å². The highest BCUT2D eigenvalue weighted by Gasteiger charge is 2.34. The predicted octanol–water partition coefficient (Wildman–Crippen LogP) is 1.85. The second kappa shape index (κ2) is 9.63. The number of nitrogens with zero attached hydrogens (tertiary/aromatic N) is 1. The number of ether oxygens (including phenoxy) is 2. The van der Waals surface area contributed by atoms with Crippen LogP contribution in [0.4, 0.5) is 0 Å². The van der Waals surface area contributed by atoms with Gasteiger partial charge in [-0.3, -0.25) is 0 Å². The van der Waals surface area contributed by atoms with E-state index < -0.39 is 0 Å². The summed E-state index contributed by atoms with van der Waals surface area (Å²) in [4.78, 5) is 4.69. The second-order valence-electron chi connectivity index (χ2n) is 6.68. The lowest BCUT2D eigenvalue weighted by Gasteiger charge is -2.27. The average molecular weight is 349 g/mol. The van der Waals surface area contributed by atoms with E-state index in [1.807, 2.05) is 12.1 Å². The van der Waals surface area contributed by atoms with E-state index >= 15 is 0 Å². The zero-order chi connectivity index (χ0) is 18.1. The molecule has 2 rings (SSSR count). The zero-order valence-electron chi connectivity index (χ0n) is 15.6. The molecule has 1 atom stereocenters. The van der Waals surface area contributed by atoms with Crippen molar-refractivity contribution >= 4 is 5.96 Å². The van der Waals surface area contributed by atoms with Crippen molar-refractivity contribution in [2.45, 2.75) is 33.2 Å². The minimum absolute atomic E-state index is 0.00248. The summed E-state index contributed by atoms with van der Waals surface area (Å²) in [6.07, 6.45) is 1.71. The molecule has 25 heavy (non-hydrogen) atoms. The van der Waals surface area contributed by atoms with Gasteiger partial charge in [0.15, 0.2) is 5.96 Å². The summed E-state index contributed by atoms with van der Waals surface area (Å²) in [5.74, 6) is 1.64. The first-order valence-electron chi connectivity index (χ1n) is 8.96. The van der Waals surface area contributed by atoms with Gasteiger partial charge >= 0.3 is 0 Å². The highest BCUT2D eigenvalue weighted by molar-refractivity contribution is 5.79. The highest BCUT2D eigenvalue weighted by Crippen LogP contribution is 2.31. The molecule has 1 heterocycles. The number of aliphatic hydroxyl groups is 1. The second-order valence-corrected chi connectivity index (χ2v) is 6.68. The lowest BCUT2D eigenvalue weighted by Crippen LogP contribution is -2.44. The van der Waals surface area contributed by atoms with E-state index in [1.54, 1.807) is 7.11 Å². The van der Waals surface area contributed by atoms with E-state index in [-0.39, 0.29) is 12.0 Å². The molecule has 0 amide bonds. The Morgan fingerprint density at radius 1 is 1.36 bits per heavy atom. The van der Waals surface area contributed by atoms with Crippen LogP contribution in [0.3, 0.4) is 0 Å². The Balaban J connectivity index is 2.01. The Morgan fingerprint density at radius 3 is 2.84 bits per heavy atom. The summed E-state index contributed by atoms with van der Waals surface area (Å²) in [6, 6.07) is 6.14. The number of nitrogens with one attached hydrogen (secondary N) is 2. The molecule has 1 saturated heterocycles. The summed E-state index contributed by atoms with van der Waals surface area (Å²) < 4.78 is 10.9. The standard InChI is InChI=1S/C19H31N3O3/c1-4-20-18(22-13-19(5-7-23)6-8-25-14-19)21-12-16-9-15(2)10-17(11-16)24-3/h9-11,23H,4-8,12-14H2,1-3H3,(H2,20,21,22). The van der Waals surface area contributed by atoms with Gasteiger partial charge in [-0.05, 0) is 49.9 Å². The van der Waals surface area contributed by atoms with Crippen molar-refractivity contribution in [1.29, 1.82) is 0 Å². The van der Waals surface area contributed by atoms with E-state index in [0.717, 1.165) is 55.4 Å². The van der Waals surface area contributed by atoms with E-state index in [2.05, 4.69) is 35.5 Å². The molecule has 0 bridgehead atoms. The smallest absolute Gasteiger partial charge is 0.191 e. The number of guanidine groups is 1. The van der Waals surface area contributed by atoms with Crippen LogP contribution in [0.2, 0.25) is 0 Å². The molecule has 1 aromatic rings. The first-order valence-corrected chi connectivity index (χ1v) is 8.96. The fraction of sp³-hybridized carbons (Fsp3) is 0.632. The Bertz CT molecular complexity index is 569. The third kappa shape index (κ3) is 5.90. The molecule has 1 unspecified atom stereocenters. The SMILES string of the molecule is CCNC(=NCc1cc(C)cc(OC)c1)NCC1(CCO)CCOC1. The van der Waals surface area contributed by atoms with Gasteiger partial charge in [0.1, 0.15) is 5.75 Å². The van der Waals surface area contributed by atoms with E-state index in [1.165, 1.54) is 0 Å². The fourth-order valence-corrected chi connectivity index (χ4v) is 3.13. The number of hydrogen-bond donors (Lipinski definition) is 3. The minimum Gasteiger partial charge on any atom is -0.497 e. The average Bonchev–Trinajstić information content (AvgIpc) is 3.06. The van der Waals surface area contributed by atoms with Gasteiger partial charge in [0.2, 0.25) is 0 Å². The van der Waals surface area contributed by atoms with Crippen molar-refractivity contribution in [3.63, 3.8) is 0 Å². The van der Waals surface area contributed by atoms with Crippen molar-refractivity contribution < 1.29 is 14.6 Å². The first kappa shape index (κ1) is 19.5. The quantitative estimate of drug-likeness (QED) is 0.493. The molecular weight excluding hydrogens is 318 g/mol. The molecule has 6 nitrogen and oxygen atoms in total. The summed E-state index contributed by atoms with van der Waals surface area (Å²) in [6.45, 7) is 7.86. The fourth-order valence-electron chi connectivity index (χ4n) is 3.13. The van der Waals surface area contributed by atoms with Gasteiger partial charge in [-0.2, -0.15) is 0 Å². The molecule has 0 aliphatic carbocycles. The molecule has 3 N–H and O–H groups in total. The van der Waals surface area contributed by atoms with Crippen molar-refractivity contribution in [2.75, 3.05) is 40.0 Å². The monoisotopic (exact) mass is 349 g/mol. The molecule has 0 saturated carbocycles. The summed E-state index contributed by atoms with van der Waals surface area (Å²) in [5.41, 5.74) is 2.27. The Hall–Kier alpha value is -1.79. The molecule has 140 valence electrons. The molecule has 1 aliphatic heterocycles.